The summed E-state index contributed by atoms with van der Waals surface area (Å²) in [5.74, 6) is 0. The van der Waals surface area contributed by atoms with Crippen LogP contribution in [0.5, 0.6) is 0 Å². The number of nitrogens with one attached hydrogen (secondary N) is 1. The van der Waals surface area contributed by atoms with Gasteiger partial charge in [-0.15, -0.1) is 0 Å². The van der Waals surface area contributed by atoms with E-state index in [1.165, 1.54) is 6.20 Å². The van der Waals surface area contributed by atoms with E-state index < -0.39 is 32.6 Å². The first-order valence-electron chi connectivity index (χ1n) is 11.5. The van der Waals surface area contributed by atoms with Crippen LogP contribution in [0.4, 0.5) is 5.69 Å². The molecule has 4 unspecified atom stereocenters. The number of ether oxygens (including phenoxy) is 1. The van der Waals surface area contributed by atoms with Crippen LogP contribution in [0.1, 0.15) is 54.7 Å². The lowest BCUT2D eigenvalue weighted by Crippen LogP contribution is -2.66. The largest absolute Gasteiger partial charge is 0.398 e. The summed E-state index contributed by atoms with van der Waals surface area (Å²) in [6.07, 6.45) is 1.28. The number of nitrogen functional groups attached to an aromatic ring is 1. The van der Waals surface area contributed by atoms with Gasteiger partial charge in [-0.1, -0.05) is 41.5 Å². The number of H-pyrrole nitrogens is 1. The maximum absolute atomic E-state index is 12.3. The van der Waals surface area contributed by atoms with Crippen LogP contribution >= 0.6 is 0 Å². The number of rotatable bonds is 1. The van der Waals surface area contributed by atoms with Gasteiger partial charge in [-0.25, -0.2) is 9.78 Å². The van der Waals surface area contributed by atoms with E-state index in [4.69, 9.17) is 19.3 Å². The summed E-state index contributed by atoms with van der Waals surface area (Å²) in [7, 11) is -2.82. The van der Waals surface area contributed by atoms with Crippen LogP contribution in [0.25, 0.3) is 21.7 Å². The highest BCUT2D eigenvalue weighted by atomic mass is 28.4. The summed E-state index contributed by atoms with van der Waals surface area (Å²) in [6, 6.07) is 1.61. The Morgan fingerprint density at radius 3 is 2.56 bits per heavy atom. The maximum atomic E-state index is 12.3. The quantitative estimate of drug-likeness (QED) is 0.446. The molecule has 4 atom stereocenters. The third-order valence-electron chi connectivity index (χ3n) is 7.16. The Kier molecular flexibility index (Phi) is 4.90. The molecule has 2 aliphatic rings. The smallest absolute Gasteiger partial charge is 0.349 e. The van der Waals surface area contributed by atoms with Crippen LogP contribution in [-0.4, -0.2) is 58.1 Å². The van der Waals surface area contributed by atoms with Gasteiger partial charge >= 0.3 is 8.56 Å². The fourth-order valence-electron chi connectivity index (χ4n) is 5.81. The summed E-state index contributed by atoms with van der Waals surface area (Å²) < 4.78 is 21.2. The van der Waals surface area contributed by atoms with Gasteiger partial charge in [-0.3, -0.25) is 4.79 Å². The van der Waals surface area contributed by atoms with Crippen LogP contribution in [0.3, 0.4) is 0 Å². The molecule has 0 bridgehead atoms. The summed E-state index contributed by atoms with van der Waals surface area (Å²) in [4.78, 5) is 12.3. The molecule has 10 nitrogen and oxygen atoms in total. The Balaban J connectivity index is 1.61. The molecule has 4 heterocycles. The molecular weight excluding hydrogens is 454 g/mol. The molecule has 0 aliphatic carbocycles. The number of hydrogen-bond acceptors (Lipinski definition) is 8. The van der Waals surface area contributed by atoms with Crippen molar-refractivity contribution in [3.05, 3.63) is 28.8 Å². The normalized spacial score (nSPS) is 29.6. The highest BCUT2D eigenvalue weighted by Gasteiger charge is 2.67. The Bertz CT molecular complexity index is 1320. The van der Waals surface area contributed by atoms with Crippen molar-refractivity contribution in [2.75, 3.05) is 12.3 Å². The van der Waals surface area contributed by atoms with E-state index in [9.17, 15) is 9.90 Å². The molecule has 0 amide bonds. The van der Waals surface area contributed by atoms with Gasteiger partial charge < -0.3 is 24.4 Å². The lowest BCUT2D eigenvalue weighted by molar-refractivity contribution is -0.0994. The van der Waals surface area contributed by atoms with Gasteiger partial charge in [0, 0.05) is 32.7 Å². The summed E-state index contributed by atoms with van der Waals surface area (Å²) in [5.41, 5.74) is 5.39. The number of anilines is 1. The summed E-state index contributed by atoms with van der Waals surface area (Å²) in [6.45, 7) is 14.9. The van der Waals surface area contributed by atoms with E-state index in [0.717, 1.165) is 0 Å². The summed E-state index contributed by atoms with van der Waals surface area (Å²) >= 11 is 0. The fraction of sp³-hybridized carbons (Fsp3) is 0.609. The zero-order valence-electron chi connectivity index (χ0n) is 20.7. The fourth-order valence-corrected chi connectivity index (χ4v) is 10.9. The molecular formula is C23H33N5O5Si. The van der Waals surface area contributed by atoms with E-state index in [1.807, 2.05) is 0 Å². The number of nitrogens with zero attached hydrogens (tertiary/aromatic N) is 3. The third-order valence-corrected chi connectivity index (χ3v) is 12.3. The lowest BCUT2D eigenvalue weighted by Gasteiger charge is -2.54. The molecule has 184 valence electrons. The van der Waals surface area contributed by atoms with Crippen LogP contribution in [0.15, 0.2) is 23.3 Å². The van der Waals surface area contributed by atoms with Gasteiger partial charge in [-0.2, -0.15) is 10.2 Å². The minimum Gasteiger partial charge on any atom is -0.398 e. The molecule has 0 spiro atoms. The number of aromatic nitrogens is 4. The third kappa shape index (κ3) is 3.11. The molecule has 3 aromatic rings. The number of nitrogens with two attached hydrogens (primary N) is 1. The number of hydrogen-bond donors (Lipinski definition) is 3. The second-order valence-electron chi connectivity index (χ2n) is 11.7. The van der Waals surface area contributed by atoms with Crippen molar-refractivity contribution < 1.29 is 18.7 Å². The van der Waals surface area contributed by atoms with Crippen LogP contribution < -0.4 is 11.3 Å². The maximum Gasteiger partial charge on any atom is 0.349 e. The topological polar surface area (TPSA) is 138 Å². The molecule has 34 heavy (non-hydrogen) atoms. The minimum absolute atomic E-state index is 0.229. The lowest BCUT2D eigenvalue weighted by atomic mass is 9.97. The molecule has 2 fully saturated rings. The zero-order valence-corrected chi connectivity index (χ0v) is 21.7. The molecule has 0 radical (unpaired) electrons. The molecule has 11 heteroatoms. The average Bonchev–Trinajstić information content (AvgIpc) is 3.13. The van der Waals surface area contributed by atoms with E-state index in [1.54, 1.807) is 23.9 Å². The predicted octanol–water partition coefficient (Wildman–Crippen LogP) is 2.96. The Morgan fingerprint density at radius 2 is 1.91 bits per heavy atom. The second kappa shape index (κ2) is 7.11. The van der Waals surface area contributed by atoms with Crippen molar-refractivity contribution in [2.24, 2.45) is 0 Å². The average molecular weight is 488 g/mol. The Morgan fingerprint density at radius 1 is 1.24 bits per heavy atom. The SMILES string of the molecule is CC1(O)C2O[Si](C(C)(C)C)(C(C)(C)C)OCC2OC1n1cc2c(N)cc3c(=O)[nH]ncc(n1)c23. The predicted molar refractivity (Wildman–Crippen MR) is 131 cm³/mol. The second-order valence-corrected chi connectivity index (χ2v) is 16.5. The van der Waals surface area contributed by atoms with Crippen molar-refractivity contribution >= 4 is 35.9 Å². The Labute approximate surface area is 198 Å². The van der Waals surface area contributed by atoms with E-state index in [0.29, 0.717) is 34.0 Å². The first-order valence-corrected chi connectivity index (χ1v) is 13.3. The van der Waals surface area contributed by atoms with Crippen molar-refractivity contribution in [1.82, 2.24) is 20.0 Å². The molecule has 1 aromatic carbocycles. The van der Waals surface area contributed by atoms with Gasteiger partial charge in [0.2, 0.25) is 0 Å². The number of aliphatic hydroxyl groups is 1. The van der Waals surface area contributed by atoms with Crippen molar-refractivity contribution in [3.63, 3.8) is 0 Å². The minimum atomic E-state index is -2.82. The van der Waals surface area contributed by atoms with Crippen LogP contribution in [0, 0.1) is 0 Å². The van der Waals surface area contributed by atoms with Gasteiger partial charge in [0.25, 0.3) is 5.56 Å². The van der Waals surface area contributed by atoms with Crippen molar-refractivity contribution in [1.29, 1.82) is 0 Å². The highest BCUT2D eigenvalue weighted by Crippen LogP contribution is 2.57. The van der Waals surface area contributed by atoms with E-state index >= 15 is 0 Å². The molecule has 0 saturated carbocycles. The first-order chi connectivity index (χ1) is 15.7. The molecule has 2 aliphatic heterocycles. The van der Waals surface area contributed by atoms with Crippen LogP contribution in [-0.2, 0) is 13.6 Å². The number of aromatic amines is 1. The Hall–Kier alpha value is -2.31. The van der Waals surface area contributed by atoms with Crippen LogP contribution in [0.2, 0.25) is 10.1 Å². The van der Waals surface area contributed by atoms with Gasteiger partial charge in [-0.05, 0) is 13.0 Å². The standard InChI is InChI=1S/C23H33N5O5Si/c1-21(2,3)34(22(4,5)6)31-11-16-18(33-34)23(7,30)20(32-16)28-10-13-14(24)8-12-17(13)15(27-28)9-25-26-19(12)29/h8-10,16,18,20,30H,11,24H2,1-7H3,(H,26,29). The summed E-state index contributed by atoms with van der Waals surface area (Å²) in [5, 5.41) is 24.1. The first kappa shape index (κ1) is 23.4. The van der Waals surface area contributed by atoms with Gasteiger partial charge in [0.1, 0.15) is 23.3 Å². The monoisotopic (exact) mass is 487 g/mol. The highest BCUT2D eigenvalue weighted by molar-refractivity contribution is 6.73. The zero-order chi connectivity index (χ0) is 24.8. The molecule has 2 aromatic heterocycles. The molecule has 4 N–H and O–H groups in total. The van der Waals surface area contributed by atoms with Crippen molar-refractivity contribution in [3.8, 4) is 0 Å². The van der Waals surface area contributed by atoms with Gasteiger partial charge in [0.05, 0.1) is 18.2 Å². The molecule has 2 saturated heterocycles. The molecule has 5 rings (SSSR count). The van der Waals surface area contributed by atoms with E-state index in [-0.39, 0.29) is 15.6 Å². The van der Waals surface area contributed by atoms with Crippen molar-refractivity contribution in [2.45, 2.75) is 82.6 Å². The number of fused-ring (bicyclic) bond motifs is 1. The van der Waals surface area contributed by atoms with E-state index in [2.05, 4.69) is 56.8 Å². The van der Waals surface area contributed by atoms with Gasteiger partial charge in [0.15, 0.2) is 6.23 Å².